The molecule has 0 unspecified atom stereocenters. The summed E-state index contributed by atoms with van der Waals surface area (Å²) in [6.07, 6.45) is -0.352. The van der Waals surface area contributed by atoms with Gasteiger partial charge in [-0.25, -0.2) is 9.67 Å². The van der Waals surface area contributed by atoms with Crippen LogP contribution in [-0.2, 0) is 11.3 Å². The van der Waals surface area contributed by atoms with E-state index in [2.05, 4.69) is 20.3 Å². The molecule has 134 valence electrons. The first-order valence-corrected chi connectivity index (χ1v) is 8.40. The van der Waals surface area contributed by atoms with Crippen LogP contribution >= 0.6 is 0 Å². The van der Waals surface area contributed by atoms with Crippen molar-refractivity contribution in [3.8, 4) is 0 Å². The predicted molar refractivity (Wildman–Crippen MR) is 89.2 cm³/mol. The molecule has 25 heavy (non-hydrogen) atoms. The quantitative estimate of drug-likeness (QED) is 0.874. The summed E-state index contributed by atoms with van der Waals surface area (Å²) in [5.74, 6) is 1.33. The number of hydrogen-bond donors (Lipinski definition) is 1. The van der Waals surface area contributed by atoms with Crippen molar-refractivity contribution in [2.45, 2.75) is 39.3 Å². The van der Waals surface area contributed by atoms with Crippen molar-refractivity contribution in [1.29, 1.82) is 0 Å². The van der Waals surface area contributed by atoms with E-state index in [1.165, 1.54) is 16.8 Å². The second kappa shape index (κ2) is 7.14. The summed E-state index contributed by atoms with van der Waals surface area (Å²) in [5.41, 5.74) is 0.0318. The molecule has 0 saturated carbocycles. The fourth-order valence-corrected chi connectivity index (χ4v) is 2.64. The summed E-state index contributed by atoms with van der Waals surface area (Å²) in [5, 5.41) is 11.2. The Labute approximate surface area is 145 Å². The highest BCUT2D eigenvalue weighted by Crippen LogP contribution is 2.21. The molecule has 2 aromatic heterocycles. The van der Waals surface area contributed by atoms with Crippen LogP contribution in [-0.4, -0.2) is 55.5 Å². The molecule has 3 rings (SSSR count). The number of morpholine rings is 1. The Morgan fingerprint density at radius 2 is 2.24 bits per heavy atom. The molecule has 1 saturated heterocycles. The lowest BCUT2D eigenvalue weighted by Crippen LogP contribution is -2.43. The molecule has 1 aliphatic heterocycles. The van der Waals surface area contributed by atoms with Crippen LogP contribution in [0.15, 0.2) is 16.9 Å². The van der Waals surface area contributed by atoms with E-state index in [1.54, 1.807) is 4.90 Å². The normalized spacial score (nSPS) is 17.9. The van der Waals surface area contributed by atoms with E-state index in [1.807, 2.05) is 20.8 Å². The number of H-pyrrole nitrogens is 1. The average molecular weight is 346 g/mol. The molecule has 1 aliphatic rings. The van der Waals surface area contributed by atoms with Crippen LogP contribution in [0.2, 0.25) is 0 Å². The van der Waals surface area contributed by atoms with E-state index in [0.29, 0.717) is 32.1 Å². The maximum absolute atomic E-state index is 12.7. The molecule has 1 fully saturated rings. The minimum absolute atomic E-state index is 0.214. The van der Waals surface area contributed by atoms with Crippen molar-refractivity contribution in [1.82, 2.24) is 29.9 Å². The number of aromatic nitrogens is 5. The average Bonchev–Trinajstić information content (AvgIpc) is 3.12. The van der Waals surface area contributed by atoms with Gasteiger partial charge in [0.1, 0.15) is 11.8 Å². The zero-order chi connectivity index (χ0) is 18.0. The van der Waals surface area contributed by atoms with Gasteiger partial charge in [0.05, 0.1) is 13.2 Å². The number of carbonyl (C=O) groups is 1. The van der Waals surface area contributed by atoms with Gasteiger partial charge in [0.2, 0.25) is 0 Å². The van der Waals surface area contributed by atoms with Crippen LogP contribution in [0, 0.1) is 0 Å². The molecule has 3 heterocycles. The maximum Gasteiger partial charge on any atom is 0.274 e. The third-order valence-electron chi connectivity index (χ3n) is 4.08. The number of hydrogen-bond acceptors (Lipinski definition) is 6. The zero-order valence-corrected chi connectivity index (χ0v) is 14.6. The van der Waals surface area contributed by atoms with Crippen LogP contribution in [0.4, 0.5) is 0 Å². The molecule has 9 nitrogen and oxygen atoms in total. The number of nitrogens with one attached hydrogen (secondary N) is 1. The lowest BCUT2D eigenvalue weighted by Gasteiger charge is -2.31. The summed E-state index contributed by atoms with van der Waals surface area (Å²) < 4.78 is 7.01. The number of nitrogens with zero attached hydrogens (tertiary/aromatic N) is 5. The molecule has 0 aliphatic carbocycles. The van der Waals surface area contributed by atoms with E-state index >= 15 is 0 Å². The van der Waals surface area contributed by atoms with Gasteiger partial charge in [0, 0.05) is 25.1 Å². The van der Waals surface area contributed by atoms with Crippen LogP contribution in [0.1, 0.15) is 54.9 Å². The summed E-state index contributed by atoms with van der Waals surface area (Å²) in [7, 11) is 0. The van der Waals surface area contributed by atoms with Gasteiger partial charge in [-0.05, 0) is 13.0 Å². The number of ether oxygens (including phenoxy) is 1. The second-order valence-corrected chi connectivity index (χ2v) is 6.22. The smallest absolute Gasteiger partial charge is 0.274 e. The Morgan fingerprint density at radius 3 is 2.92 bits per heavy atom. The third kappa shape index (κ3) is 3.60. The topological polar surface area (TPSA) is 106 Å². The Morgan fingerprint density at radius 1 is 1.44 bits per heavy atom. The van der Waals surface area contributed by atoms with Crippen molar-refractivity contribution in [2.75, 3.05) is 19.7 Å². The van der Waals surface area contributed by atoms with Crippen molar-refractivity contribution in [3.63, 3.8) is 0 Å². The number of aryl methyl sites for hydroxylation is 1. The number of aromatic amines is 1. The molecule has 0 bridgehead atoms. The highest BCUT2D eigenvalue weighted by Gasteiger charge is 2.29. The van der Waals surface area contributed by atoms with Crippen molar-refractivity contribution >= 4 is 5.91 Å². The van der Waals surface area contributed by atoms with Crippen molar-refractivity contribution in [3.05, 3.63) is 39.8 Å². The molecule has 0 spiro atoms. The van der Waals surface area contributed by atoms with Crippen molar-refractivity contribution < 1.29 is 9.53 Å². The molecular weight excluding hydrogens is 324 g/mol. The van der Waals surface area contributed by atoms with Gasteiger partial charge in [-0.1, -0.05) is 13.8 Å². The molecule has 1 amide bonds. The van der Waals surface area contributed by atoms with Gasteiger partial charge in [0.25, 0.3) is 11.5 Å². The lowest BCUT2D eigenvalue weighted by atomic mass is 10.2. The number of amides is 1. The number of rotatable bonds is 4. The minimum atomic E-state index is -0.352. The second-order valence-electron chi connectivity index (χ2n) is 6.22. The van der Waals surface area contributed by atoms with Crippen molar-refractivity contribution in [2.24, 2.45) is 0 Å². The Balaban J connectivity index is 1.76. The van der Waals surface area contributed by atoms with Crippen LogP contribution < -0.4 is 5.56 Å². The van der Waals surface area contributed by atoms with E-state index in [-0.39, 0.29) is 29.2 Å². The van der Waals surface area contributed by atoms with Crippen LogP contribution in [0.3, 0.4) is 0 Å². The molecular formula is C16H22N6O3. The van der Waals surface area contributed by atoms with Crippen LogP contribution in [0.25, 0.3) is 0 Å². The molecule has 0 radical (unpaired) electrons. The largest absolute Gasteiger partial charge is 0.367 e. The highest BCUT2D eigenvalue weighted by atomic mass is 16.5. The fourth-order valence-electron chi connectivity index (χ4n) is 2.64. The van der Waals surface area contributed by atoms with Gasteiger partial charge in [-0.15, -0.1) is 0 Å². The first-order chi connectivity index (χ1) is 12.0. The van der Waals surface area contributed by atoms with E-state index in [9.17, 15) is 9.59 Å². The number of carbonyl (C=O) groups excluding carboxylic acids is 1. The molecule has 1 N–H and O–H groups in total. The Bertz CT molecular complexity index is 812. The van der Waals surface area contributed by atoms with Gasteiger partial charge < -0.3 is 9.64 Å². The summed E-state index contributed by atoms with van der Waals surface area (Å²) >= 11 is 0. The van der Waals surface area contributed by atoms with Crippen LogP contribution in [0.5, 0.6) is 0 Å². The lowest BCUT2D eigenvalue weighted by molar-refractivity contribution is -0.0269. The molecule has 1 atom stereocenters. The first-order valence-electron chi connectivity index (χ1n) is 8.40. The zero-order valence-electron chi connectivity index (χ0n) is 14.6. The maximum atomic E-state index is 12.7. The van der Waals surface area contributed by atoms with E-state index in [0.717, 1.165) is 5.82 Å². The van der Waals surface area contributed by atoms with Gasteiger partial charge in [0.15, 0.2) is 11.6 Å². The van der Waals surface area contributed by atoms with Gasteiger partial charge in [-0.3, -0.25) is 14.7 Å². The summed E-state index contributed by atoms with van der Waals surface area (Å²) in [6, 6.07) is 2.83. The predicted octanol–water partition coefficient (Wildman–Crippen LogP) is 0.718. The fraction of sp³-hybridized carbons (Fsp3) is 0.562. The van der Waals surface area contributed by atoms with Gasteiger partial charge in [-0.2, -0.15) is 10.2 Å². The highest BCUT2D eigenvalue weighted by molar-refractivity contribution is 5.92. The molecule has 2 aromatic rings. The SMILES string of the molecule is CCn1nc(C(=O)N2CCO[C@@H](c3nc(C(C)C)n[nH]3)C2)ccc1=O. The van der Waals surface area contributed by atoms with E-state index < -0.39 is 0 Å². The summed E-state index contributed by atoms with van der Waals surface area (Å²) in [6.45, 7) is 7.48. The minimum Gasteiger partial charge on any atom is -0.367 e. The van der Waals surface area contributed by atoms with Gasteiger partial charge >= 0.3 is 0 Å². The third-order valence-corrected chi connectivity index (χ3v) is 4.08. The van der Waals surface area contributed by atoms with E-state index in [4.69, 9.17) is 4.74 Å². The molecule has 9 heteroatoms. The molecule has 0 aromatic carbocycles. The standard InChI is InChI=1S/C16H22N6O3/c1-4-22-13(23)6-5-11(20-22)16(24)21-7-8-25-12(9-21)15-17-14(10(2)3)18-19-15/h5-6,10,12H,4,7-9H2,1-3H3,(H,17,18,19)/t12-/m1/s1. The monoisotopic (exact) mass is 346 g/mol. The Hall–Kier alpha value is -2.55. The first kappa shape index (κ1) is 17.3. The summed E-state index contributed by atoms with van der Waals surface area (Å²) in [4.78, 5) is 30.5. The Kier molecular flexibility index (Phi) is 4.93.